The van der Waals surface area contributed by atoms with Crippen LogP contribution in [0, 0.1) is 0 Å². The lowest BCUT2D eigenvalue weighted by atomic mass is 9.90. The highest BCUT2D eigenvalue weighted by molar-refractivity contribution is 5.44. The summed E-state index contributed by atoms with van der Waals surface area (Å²) in [5, 5.41) is 3.62. The van der Waals surface area contributed by atoms with Crippen LogP contribution in [-0.2, 0) is 12.8 Å². The first-order valence-electron chi connectivity index (χ1n) is 7.34. The lowest BCUT2D eigenvalue weighted by Gasteiger charge is -2.28. The van der Waals surface area contributed by atoms with Crippen molar-refractivity contribution in [2.45, 2.75) is 18.9 Å². The van der Waals surface area contributed by atoms with E-state index < -0.39 is 0 Å². The monoisotopic (exact) mass is 283 g/mol. The smallest absolute Gasteiger partial charge is 0.122 e. The molecular weight excluding hydrogens is 262 g/mol. The molecule has 110 valence electrons. The summed E-state index contributed by atoms with van der Waals surface area (Å²) in [6.07, 6.45) is 1.98. The van der Waals surface area contributed by atoms with Gasteiger partial charge in [0.15, 0.2) is 0 Å². The molecule has 1 heterocycles. The SMILES string of the molecule is COc1cccc(CC2NCCc3c(OC)cccc32)c1. The second-order valence-corrected chi connectivity index (χ2v) is 5.34. The van der Waals surface area contributed by atoms with Gasteiger partial charge in [-0.05, 0) is 48.7 Å². The summed E-state index contributed by atoms with van der Waals surface area (Å²) >= 11 is 0. The van der Waals surface area contributed by atoms with Crippen molar-refractivity contribution < 1.29 is 9.47 Å². The molecule has 3 nitrogen and oxygen atoms in total. The molecule has 1 aliphatic rings. The highest BCUT2D eigenvalue weighted by Crippen LogP contribution is 2.32. The number of benzene rings is 2. The van der Waals surface area contributed by atoms with E-state index in [0.29, 0.717) is 6.04 Å². The maximum absolute atomic E-state index is 5.50. The Labute approximate surface area is 125 Å². The van der Waals surface area contributed by atoms with E-state index >= 15 is 0 Å². The zero-order valence-electron chi connectivity index (χ0n) is 12.6. The van der Waals surface area contributed by atoms with E-state index in [1.165, 1.54) is 16.7 Å². The highest BCUT2D eigenvalue weighted by atomic mass is 16.5. The van der Waals surface area contributed by atoms with Crippen LogP contribution >= 0.6 is 0 Å². The molecule has 0 radical (unpaired) electrons. The molecule has 3 rings (SSSR count). The average Bonchev–Trinajstić information content (AvgIpc) is 2.55. The van der Waals surface area contributed by atoms with E-state index in [9.17, 15) is 0 Å². The van der Waals surface area contributed by atoms with Crippen LogP contribution in [0.2, 0.25) is 0 Å². The first-order valence-corrected chi connectivity index (χ1v) is 7.34. The molecule has 2 aromatic rings. The van der Waals surface area contributed by atoms with Crippen molar-refractivity contribution in [1.82, 2.24) is 5.32 Å². The highest BCUT2D eigenvalue weighted by Gasteiger charge is 2.22. The number of nitrogens with one attached hydrogen (secondary N) is 1. The van der Waals surface area contributed by atoms with Gasteiger partial charge in [0.2, 0.25) is 0 Å². The van der Waals surface area contributed by atoms with Gasteiger partial charge in [-0.3, -0.25) is 0 Å². The number of methoxy groups -OCH3 is 2. The van der Waals surface area contributed by atoms with Gasteiger partial charge < -0.3 is 14.8 Å². The molecule has 0 bridgehead atoms. The van der Waals surface area contributed by atoms with Crippen LogP contribution in [0.1, 0.15) is 22.7 Å². The zero-order chi connectivity index (χ0) is 14.7. The maximum atomic E-state index is 5.50. The van der Waals surface area contributed by atoms with E-state index in [4.69, 9.17) is 9.47 Å². The Kier molecular flexibility index (Phi) is 4.11. The molecule has 0 saturated heterocycles. The average molecular weight is 283 g/mol. The zero-order valence-corrected chi connectivity index (χ0v) is 12.6. The summed E-state index contributed by atoms with van der Waals surface area (Å²) in [6.45, 7) is 0.988. The third kappa shape index (κ3) is 2.88. The van der Waals surface area contributed by atoms with Gasteiger partial charge in [0.05, 0.1) is 14.2 Å². The standard InChI is InChI=1S/C18H21NO2/c1-20-14-6-3-5-13(11-14)12-17-15-7-4-8-18(21-2)16(15)9-10-19-17/h3-8,11,17,19H,9-10,12H2,1-2H3. The number of fused-ring (bicyclic) bond motifs is 1. The molecule has 0 saturated carbocycles. The predicted octanol–water partition coefficient (Wildman–Crippen LogP) is 3.13. The topological polar surface area (TPSA) is 30.5 Å². The van der Waals surface area contributed by atoms with Gasteiger partial charge in [-0.1, -0.05) is 24.3 Å². The largest absolute Gasteiger partial charge is 0.497 e. The van der Waals surface area contributed by atoms with Gasteiger partial charge in [-0.25, -0.2) is 0 Å². The predicted molar refractivity (Wildman–Crippen MR) is 84.1 cm³/mol. The van der Waals surface area contributed by atoms with Crippen LogP contribution < -0.4 is 14.8 Å². The summed E-state index contributed by atoms with van der Waals surface area (Å²) in [7, 11) is 3.45. The minimum absolute atomic E-state index is 0.330. The molecule has 0 spiro atoms. The van der Waals surface area contributed by atoms with Crippen LogP contribution in [0.25, 0.3) is 0 Å². The summed E-state index contributed by atoms with van der Waals surface area (Å²) in [5.41, 5.74) is 3.97. The summed E-state index contributed by atoms with van der Waals surface area (Å²) in [5.74, 6) is 1.92. The van der Waals surface area contributed by atoms with E-state index in [1.54, 1.807) is 14.2 Å². The molecule has 1 unspecified atom stereocenters. The van der Waals surface area contributed by atoms with Crippen molar-refractivity contribution in [3.8, 4) is 11.5 Å². The Hall–Kier alpha value is -2.00. The fourth-order valence-electron chi connectivity index (χ4n) is 3.07. The summed E-state index contributed by atoms with van der Waals surface area (Å²) < 4.78 is 10.8. The number of hydrogen-bond acceptors (Lipinski definition) is 3. The molecule has 0 amide bonds. The molecule has 0 aliphatic carbocycles. The normalized spacial score (nSPS) is 17.1. The van der Waals surface area contributed by atoms with Crippen LogP contribution in [0.3, 0.4) is 0 Å². The fraction of sp³-hybridized carbons (Fsp3) is 0.333. The van der Waals surface area contributed by atoms with Gasteiger partial charge in [0.25, 0.3) is 0 Å². The molecule has 1 N–H and O–H groups in total. The Morgan fingerprint density at radius 3 is 2.76 bits per heavy atom. The first kappa shape index (κ1) is 14.0. The summed E-state index contributed by atoms with van der Waals surface area (Å²) in [6, 6.07) is 14.9. The Bertz CT molecular complexity index is 624. The number of ether oxygens (including phenoxy) is 2. The van der Waals surface area contributed by atoms with Crippen molar-refractivity contribution in [1.29, 1.82) is 0 Å². The molecule has 3 heteroatoms. The second kappa shape index (κ2) is 6.19. The summed E-state index contributed by atoms with van der Waals surface area (Å²) in [4.78, 5) is 0. The van der Waals surface area contributed by atoms with E-state index in [0.717, 1.165) is 30.9 Å². The van der Waals surface area contributed by atoms with Crippen molar-refractivity contribution in [2.24, 2.45) is 0 Å². The molecule has 0 aromatic heterocycles. The minimum Gasteiger partial charge on any atom is -0.497 e. The Balaban J connectivity index is 1.88. The van der Waals surface area contributed by atoms with Crippen molar-refractivity contribution >= 4 is 0 Å². The van der Waals surface area contributed by atoms with Gasteiger partial charge >= 0.3 is 0 Å². The van der Waals surface area contributed by atoms with Crippen LogP contribution in [0.5, 0.6) is 11.5 Å². The molecule has 1 aliphatic heterocycles. The van der Waals surface area contributed by atoms with Gasteiger partial charge in [0, 0.05) is 11.6 Å². The van der Waals surface area contributed by atoms with Gasteiger partial charge in [0.1, 0.15) is 11.5 Å². The number of hydrogen-bond donors (Lipinski definition) is 1. The van der Waals surface area contributed by atoms with Crippen molar-refractivity contribution in [3.63, 3.8) is 0 Å². The minimum atomic E-state index is 0.330. The van der Waals surface area contributed by atoms with E-state index in [2.05, 4.69) is 29.6 Å². The third-order valence-corrected chi connectivity index (χ3v) is 4.10. The Morgan fingerprint density at radius 1 is 1.10 bits per heavy atom. The molecule has 21 heavy (non-hydrogen) atoms. The molecule has 1 atom stereocenters. The van der Waals surface area contributed by atoms with Crippen LogP contribution in [0.4, 0.5) is 0 Å². The molecular formula is C18H21NO2. The van der Waals surface area contributed by atoms with E-state index in [1.807, 2.05) is 18.2 Å². The van der Waals surface area contributed by atoms with Crippen LogP contribution in [-0.4, -0.2) is 20.8 Å². The second-order valence-electron chi connectivity index (χ2n) is 5.34. The molecule has 0 fully saturated rings. The molecule has 2 aromatic carbocycles. The van der Waals surface area contributed by atoms with Crippen LogP contribution in [0.15, 0.2) is 42.5 Å². The maximum Gasteiger partial charge on any atom is 0.122 e. The van der Waals surface area contributed by atoms with Crippen molar-refractivity contribution in [2.75, 3.05) is 20.8 Å². The fourth-order valence-corrected chi connectivity index (χ4v) is 3.07. The number of rotatable bonds is 4. The third-order valence-electron chi connectivity index (χ3n) is 4.10. The Morgan fingerprint density at radius 2 is 1.95 bits per heavy atom. The van der Waals surface area contributed by atoms with E-state index in [-0.39, 0.29) is 0 Å². The van der Waals surface area contributed by atoms with Crippen molar-refractivity contribution in [3.05, 3.63) is 59.2 Å². The lowest BCUT2D eigenvalue weighted by Crippen LogP contribution is -2.31. The first-order chi connectivity index (χ1) is 10.3. The van der Waals surface area contributed by atoms with Gasteiger partial charge in [-0.2, -0.15) is 0 Å². The lowest BCUT2D eigenvalue weighted by molar-refractivity contribution is 0.399. The van der Waals surface area contributed by atoms with Gasteiger partial charge in [-0.15, -0.1) is 0 Å². The quantitative estimate of drug-likeness (QED) is 0.935.